The van der Waals surface area contributed by atoms with Crippen molar-refractivity contribution in [1.82, 2.24) is 9.80 Å². The standard InChI is InChI=1S/C25H34N2S2/c1-3-28-23-10-11-25-22(19-23)18-20(17-21-8-4-5-9-24(21)29-25)7-6-12-27-15-13-26(2)14-16-27/h4-5,8-11,19-20H,3,6-7,12-18H2,1-2H3. The molecule has 1 unspecified atom stereocenters. The first kappa shape index (κ1) is 21.3. The minimum absolute atomic E-state index is 0.741. The topological polar surface area (TPSA) is 6.48 Å². The van der Waals surface area contributed by atoms with Crippen LogP contribution in [0.3, 0.4) is 0 Å². The van der Waals surface area contributed by atoms with Crippen molar-refractivity contribution in [2.45, 2.75) is 47.3 Å². The van der Waals surface area contributed by atoms with Gasteiger partial charge in [-0.1, -0.05) is 36.9 Å². The van der Waals surface area contributed by atoms with Crippen molar-refractivity contribution >= 4 is 23.5 Å². The van der Waals surface area contributed by atoms with E-state index in [1.807, 2.05) is 23.5 Å². The average Bonchev–Trinajstić information content (AvgIpc) is 2.71. The maximum Gasteiger partial charge on any atom is 0.0155 e. The molecular weight excluding hydrogens is 392 g/mol. The highest BCUT2D eigenvalue weighted by Gasteiger charge is 2.21. The van der Waals surface area contributed by atoms with E-state index in [1.54, 1.807) is 11.1 Å². The summed E-state index contributed by atoms with van der Waals surface area (Å²) in [5.41, 5.74) is 3.10. The van der Waals surface area contributed by atoms with E-state index >= 15 is 0 Å². The van der Waals surface area contributed by atoms with E-state index in [1.165, 1.54) is 73.1 Å². The Morgan fingerprint density at radius 3 is 2.55 bits per heavy atom. The summed E-state index contributed by atoms with van der Waals surface area (Å²) in [5, 5.41) is 0. The van der Waals surface area contributed by atoms with Crippen LogP contribution in [0.4, 0.5) is 0 Å². The van der Waals surface area contributed by atoms with E-state index in [9.17, 15) is 0 Å². The van der Waals surface area contributed by atoms with Gasteiger partial charge in [-0.15, -0.1) is 11.8 Å². The molecule has 1 saturated heterocycles. The van der Waals surface area contributed by atoms with Gasteiger partial charge in [0.1, 0.15) is 0 Å². The summed E-state index contributed by atoms with van der Waals surface area (Å²) in [6.07, 6.45) is 5.09. The van der Waals surface area contributed by atoms with Crippen LogP contribution in [-0.2, 0) is 12.8 Å². The molecule has 2 aromatic carbocycles. The predicted molar refractivity (Wildman–Crippen MR) is 127 cm³/mol. The highest BCUT2D eigenvalue weighted by Crippen LogP contribution is 2.39. The largest absolute Gasteiger partial charge is 0.304 e. The van der Waals surface area contributed by atoms with Crippen LogP contribution in [0.1, 0.15) is 30.9 Å². The summed E-state index contributed by atoms with van der Waals surface area (Å²) < 4.78 is 0. The van der Waals surface area contributed by atoms with Gasteiger partial charge in [-0.05, 0) is 86.3 Å². The molecule has 0 saturated carbocycles. The van der Waals surface area contributed by atoms with Crippen LogP contribution in [0.2, 0.25) is 0 Å². The molecule has 2 nitrogen and oxygen atoms in total. The van der Waals surface area contributed by atoms with E-state index in [0.717, 1.165) is 11.7 Å². The number of fused-ring (bicyclic) bond motifs is 2. The lowest BCUT2D eigenvalue weighted by atomic mass is 9.88. The van der Waals surface area contributed by atoms with Crippen LogP contribution < -0.4 is 0 Å². The van der Waals surface area contributed by atoms with E-state index in [4.69, 9.17) is 0 Å². The van der Waals surface area contributed by atoms with Gasteiger partial charge < -0.3 is 9.80 Å². The molecule has 1 fully saturated rings. The monoisotopic (exact) mass is 426 g/mol. The van der Waals surface area contributed by atoms with Crippen LogP contribution in [0.25, 0.3) is 0 Å². The third-order valence-electron chi connectivity index (χ3n) is 6.24. The quantitative estimate of drug-likeness (QED) is 0.547. The zero-order valence-electron chi connectivity index (χ0n) is 17.9. The zero-order valence-corrected chi connectivity index (χ0v) is 19.5. The first-order chi connectivity index (χ1) is 14.2. The summed E-state index contributed by atoms with van der Waals surface area (Å²) in [6.45, 7) is 8.42. The molecule has 4 rings (SSSR count). The van der Waals surface area contributed by atoms with Gasteiger partial charge in [0.05, 0.1) is 0 Å². The maximum atomic E-state index is 2.66. The second kappa shape index (κ2) is 10.4. The Kier molecular flexibility index (Phi) is 7.63. The van der Waals surface area contributed by atoms with E-state index in [-0.39, 0.29) is 0 Å². The molecule has 0 aromatic heterocycles. The van der Waals surface area contributed by atoms with Crippen LogP contribution in [0.5, 0.6) is 0 Å². The summed E-state index contributed by atoms with van der Waals surface area (Å²) in [6, 6.07) is 16.2. The van der Waals surface area contributed by atoms with Crippen molar-refractivity contribution in [3.05, 3.63) is 53.6 Å². The number of hydrogen-bond acceptors (Lipinski definition) is 4. The maximum absolute atomic E-state index is 2.66. The third-order valence-corrected chi connectivity index (χ3v) is 8.35. The van der Waals surface area contributed by atoms with E-state index in [0.29, 0.717) is 0 Å². The fraction of sp³-hybridized carbons (Fsp3) is 0.520. The fourth-order valence-corrected chi connectivity index (χ4v) is 6.33. The molecule has 2 heterocycles. The molecule has 29 heavy (non-hydrogen) atoms. The summed E-state index contributed by atoms with van der Waals surface area (Å²) in [7, 11) is 2.24. The Morgan fingerprint density at radius 1 is 0.966 bits per heavy atom. The van der Waals surface area contributed by atoms with Crippen molar-refractivity contribution < 1.29 is 0 Å². The number of rotatable bonds is 6. The van der Waals surface area contributed by atoms with Crippen molar-refractivity contribution in [1.29, 1.82) is 0 Å². The third kappa shape index (κ3) is 5.81. The lowest BCUT2D eigenvalue weighted by Gasteiger charge is -2.32. The Balaban J connectivity index is 1.47. The number of benzene rings is 2. The van der Waals surface area contributed by atoms with Crippen LogP contribution in [-0.4, -0.2) is 55.3 Å². The average molecular weight is 427 g/mol. The molecule has 0 bridgehead atoms. The highest BCUT2D eigenvalue weighted by molar-refractivity contribution is 7.99. The Hall–Kier alpha value is -0.940. The molecular formula is C25H34N2S2. The van der Waals surface area contributed by atoms with Crippen molar-refractivity contribution in [2.24, 2.45) is 5.92 Å². The van der Waals surface area contributed by atoms with E-state index < -0.39 is 0 Å². The molecule has 0 spiro atoms. The van der Waals surface area contributed by atoms with E-state index in [2.05, 4.69) is 66.2 Å². The number of nitrogens with zero attached hydrogens (tertiary/aromatic N) is 2. The summed E-state index contributed by atoms with van der Waals surface area (Å²) in [4.78, 5) is 9.45. The highest BCUT2D eigenvalue weighted by atomic mass is 32.2. The Morgan fingerprint density at radius 2 is 1.72 bits per heavy atom. The molecule has 1 atom stereocenters. The molecule has 2 aliphatic heterocycles. The van der Waals surface area contributed by atoms with Crippen molar-refractivity contribution in [3.8, 4) is 0 Å². The second-order valence-electron chi connectivity index (χ2n) is 8.47. The van der Waals surface area contributed by atoms with Gasteiger partial charge in [0.25, 0.3) is 0 Å². The lowest BCUT2D eigenvalue weighted by molar-refractivity contribution is 0.150. The molecule has 2 aliphatic rings. The normalized spacial score (nSPS) is 20.6. The lowest BCUT2D eigenvalue weighted by Crippen LogP contribution is -2.44. The fourth-order valence-electron chi connectivity index (χ4n) is 4.54. The van der Waals surface area contributed by atoms with Gasteiger partial charge in [-0.2, -0.15) is 0 Å². The first-order valence-electron chi connectivity index (χ1n) is 11.1. The van der Waals surface area contributed by atoms with Gasteiger partial charge in [-0.25, -0.2) is 0 Å². The molecule has 156 valence electrons. The predicted octanol–water partition coefficient (Wildman–Crippen LogP) is 5.69. The SMILES string of the molecule is CCSc1ccc2c(c1)CC(CCCN1CCN(C)CC1)Cc1ccccc1S2. The number of piperazine rings is 1. The first-order valence-corrected chi connectivity index (χ1v) is 12.9. The molecule has 0 aliphatic carbocycles. The Labute approximate surface area is 185 Å². The van der Waals surface area contributed by atoms with Gasteiger partial charge in [0.2, 0.25) is 0 Å². The minimum atomic E-state index is 0.741. The Bertz CT molecular complexity index is 799. The van der Waals surface area contributed by atoms with Gasteiger partial charge >= 0.3 is 0 Å². The number of hydrogen-bond donors (Lipinski definition) is 0. The smallest absolute Gasteiger partial charge is 0.0155 e. The van der Waals surface area contributed by atoms with Crippen molar-refractivity contribution in [2.75, 3.05) is 45.5 Å². The zero-order chi connectivity index (χ0) is 20.1. The van der Waals surface area contributed by atoms with Crippen LogP contribution in [0, 0.1) is 5.92 Å². The summed E-state index contributed by atoms with van der Waals surface area (Å²) >= 11 is 3.93. The molecule has 2 aromatic rings. The summed E-state index contributed by atoms with van der Waals surface area (Å²) in [5.74, 6) is 1.88. The minimum Gasteiger partial charge on any atom is -0.304 e. The van der Waals surface area contributed by atoms with Gasteiger partial charge in [-0.3, -0.25) is 0 Å². The molecule has 4 heteroatoms. The van der Waals surface area contributed by atoms with Gasteiger partial charge in [0, 0.05) is 40.9 Å². The second-order valence-corrected chi connectivity index (χ2v) is 10.9. The molecule has 0 amide bonds. The van der Waals surface area contributed by atoms with Crippen LogP contribution in [0.15, 0.2) is 57.2 Å². The van der Waals surface area contributed by atoms with Gasteiger partial charge in [0.15, 0.2) is 0 Å². The molecule has 0 N–H and O–H groups in total. The van der Waals surface area contributed by atoms with Crippen LogP contribution >= 0.6 is 23.5 Å². The molecule has 0 radical (unpaired) electrons. The number of thioether (sulfide) groups is 1. The van der Waals surface area contributed by atoms with Crippen molar-refractivity contribution in [3.63, 3.8) is 0 Å². The number of likely N-dealkylation sites (N-methyl/N-ethyl adjacent to an activating group) is 1.